The molecule has 0 radical (unpaired) electrons. The Hall–Kier alpha value is -1.65. The number of carboxylic acids is 1. The van der Waals surface area contributed by atoms with Crippen LogP contribution in [-0.4, -0.2) is 44.9 Å². The molecule has 0 unspecified atom stereocenters. The van der Waals surface area contributed by atoms with Crippen LogP contribution in [0.2, 0.25) is 0 Å². The zero-order valence-corrected chi connectivity index (χ0v) is 12.3. The minimum atomic E-state index is -3.22. The van der Waals surface area contributed by atoms with Crippen LogP contribution in [0, 0.1) is 0 Å². The van der Waals surface area contributed by atoms with E-state index in [9.17, 15) is 18.0 Å². The number of anilines is 1. The van der Waals surface area contributed by atoms with E-state index in [-0.39, 0.29) is 23.7 Å². The van der Waals surface area contributed by atoms with Crippen molar-refractivity contribution >= 4 is 38.4 Å². The number of aromatic carboxylic acids is 1. The van der Waals surface area contributed by atoms with Gasteiger partial charge in [0, 0.05) is 13.1 Å². The van der Waals surface area contributed by atoms with Crippen LogP contribution in [-0.2, 0) is 10.0 Å². The van der Waals surface area contributed by atoms with Crippen LogP contribution in [0.25, 0.3) is 0 Å². The summed E-state index contributed by atoms with van der Waals surface area (Å²) in [6.07, 6.45) is 1.48. The smallest absolute Gasteiger partial charge is 0.338 e. The minimum Gasteiger partial charge on any atom is -0.478 e. The van der Waals surface area contributed by atoms with Crippen LogP contribution < -0.4 is 15.4 Å². The fourth-order valence-corrected chi connectivity index (χ4v) is 2.56. The Bertz CT molecular complexity index is 581. The summed E-state index contributed by atoms with van der Waals surface area (Å²) in [5.41, 5.74) is 0.0314. The molecule has 0 aliphatic heterocycles. The van der Waals surface area contributed by atoms with Crippen molar-refractivity contribution in [3.05, 3.63) is 17.0 Å². The number of amides is 2. The van der Waals surface area contributed by atoms with E-state index in [4.69, 9.17) is 5.11 Å². The largest absolute Gasteiger partial charge is 0.478 e. The lowest BCUT2D eigenvalue weighted by atomic mass is 10.3. The first kappa shape index (κ1) is 16.4. The molecule has 0 saturated heterocycles. The zero-order valence-electron chi connectivity index (χ0n) is 10.7. The number of hydrogen-bond acceptors (Lipinski definition) is 5. The summed E-state index contributed by atoms with van der Waals surface area (Å²) in [7, 11) is -3.22. The Kier molecular flexibility index (Phi) is 5.92. The first-order chi connectivity index (χ1) is 9.29. The maximum atomic E-state index is 11.5. The van der Waals surface area contributed by atoms with Crippen molar-refractivity contribution in [1.29, 1.82) is 0 Å². The Labute approximate surface area is 120 Å². The third-order valence-corrected chi connectivity index (χ3v) is 3.68. The maximum absolute atomic E-state index is 11.5. The molecule has 1 aromatic rings. The second-order valence-corrected chi connectivity index (χ2v) is 6.62. The molecule has 20 heavy (non-hydrogen) atoms. The van der Waals surface area contributed by atoms with Crippen molar-refractivity contribution in [3.63, 3.8) is 0 Å². The average Bonchev–Trinajstić information content (AvgIpc) is 2.75. The van der Waals surface area contributed by atoms with Gasteiger partial charge in [-0.1, -0.05) is 0 Å². The van der Waals surface area contributed by atoms with Crippen LogP contribution in [0.5, 0.6) is 0 Å². The maximum Gasteiger partial charge on any atom is 0.338 e. The molecule has 0 aromatic carbocycles. The second-order valence-electron chi connectivity index (χ2n) is 3.87. The number of sulfonamides is 1. The third kappa shape index (κ3) is 5.99. The fraction of sp³-hybridized carbons (Fsp3) is 0.400. The lowest BCUT2D eigenvalue weighted by Crippen LogP contribution is -2.32. The van der Waals surface area contributed by atoms with Gasteiger partial charge >= 0.3 is 12.0 Å². The SMILES string of the molecule is CS(=O)(=O)NCCCNC(=O)Nc1sccc1C(=O)O. The summed E-state index contributed by atoms with van der Waals surface area (Å²) >= 11 is 1.11. The Balaban J connectivity index is 2.30. The number of rotatable bonds is 7. The topological polar surface area (TPSA) is 125 Å². The predicted octanol–water partition coefficient (Wildman–Crippen LogP) is 0.507. The number of carboxylic acid groups (broad SMARTS) is 1. The van der Waals surface area contributed by atoms with Crippen LogP contribution in [0.1, 0.15) is 16.8 Å². The molecule has 8 nitrogen and oxygen atoms in total. The lowest BCUT2D eigenvalue weighted by Gasteiger charge is -2.07. The number of urea groups is 1. The molecule has 2 amide bonds. The first-order valence-electron chi connectivity index (χ1n) is 5.60. The van der Waals surface area contributed by atoms with Crippen LogP contribution >= 0.6 is 11.3 Å². The van der Waals surface area contributed by atoms with Gasteiger partial charge in [-0.15, -0.1) is 11.3 Å². The van der Waals surface area contributed by atoms with Gasteiger partial charge in [-0.2, -0.15) is 0 Å². The Morgan fingerprint density at radius 2 is 2.05 bits per heavy atom. The van der Waals surface area contributed by atoms with Crippen molar-refractivity contribution in [3.8, 4) is 0 Å². The van der Waals surface area contributed by atoms with E-state index >= 15 is 0 Å². The molecule has 0 spiro atoms. The van der Waals surface area contributed by atoms with Gasteiger partial charge in [0.1, 0.15) is 5.00 Å². The number of hydrogen-bond donors (Lipinski definition) is 4. The molecule has 1 aromatic heterocycles. The molecule has 4 N–H and O–H groups in total. The van der Waals surface area contributed by atoms with Gasteiger partial charge in [-0.25, -0.2) is 22.7 Å². The predicted molar refractivity (Wildman–Crippen MR) is 75.8 cm³/mol. The highest BCUT2D eigenvalue weighted by atomic mass is 32.2. The quantitative estimate of drug-likeness (QED) is 0.545. The molecule has 0 atom stereocenters. The summed E-state index contributed by atoms with van der Waals surface area (Å²) in [5.74, 6) is -1.11. The van der Waals surface area contributed by atoms with Gasteiger partial charge in [-0.3, -0.25) is 5.32 Å². The van der Waals surface area contributed by atoms with Gasteiger partial charge < -0.3 is 10.4 Å². The highest BCUT2D eigenvalue weighted by molar-refractivity contribution is 7.88. The molecule has 10 heteroatoms. The molecule has 1 rings (SSSR count). The van der Waals surface area contributed by atoms with Crippen molar-refractivity contribution in [1.82, 2.24) is 10.0 Å². The molecule has 0 aliphatic rings. The highest BCUT2D eigenvalue weighted by Crippen LogP contribution is 2.22. The van der Waals surface area contributed by atoms with Gasteiger partial charge in [0.15, 0.2) is 0 Å². The van der Waals surface area contributed by atoms with E-state index in [0.717, 1.165) is 17.6 Å². The molecule has 1 heterocycles. The number of nitrogens with one attached hydrogen (secondary N) is 3. The molecule has 0 bridgehead atoms. The molecule has 0 saturated carbocycles. The average molecular weight is 321 g/mol. The van der Waals surface area contributed by atoms with E-state index in [1.165, 1.54) is 6.07 Å². The normalized spacial score (nSPS) is 11.1. The number of thiophene rings is 1. The standard InChI is InChI=1S/C10H15N3O5S2/c1-20(17,18)12-5-2-4-11-10(16)13-8-7(9(14)15)3-6-19-8/h3,6,12H,2,4-5H2,1H3,(H,14,15)(H2,11,13,16). The van der Waals surface area contributed by atoms with Crippen LogP contribution in [0.3, 0.4) is 0 Å². The lowest BCUT2D eigenvalue weighted by molar-refractivity contribution is 0.0698. The number of carbonyl (C=O) groups is 2. The molecule has 0 aliphatic carbocycles. The highest BCUT2D eigenvalue weighted by Gasteiger charge is 2.13. The minimum absolute atomic E-state index is 0.0314. The van der Waals surface area contributed by atoms with E-state index in [1.807, 2.05) is 0 Å². The molecular formula is C10H15N3O5S2. The van der Waals surface area contributed by atoms with Crippen molar-refractivity contribution in [2.75, 3.05) is 24.7 Å². The third-order valence-electron chi connectivity index (χ3n) is 2.13. The summed E-state index contributed by atoms with van der Waals surface area (Å²) < 4.78 is 23.8. The van der Waals surface area contributed by atoms with Gasteiger partial charge in [0.05, 0.1) is 11.8 Å². The summed E-state index contributed by atoms with van der Waals surface area (Å²) in [6, 6.07) is 0.868. The Morgan fingerprint density at radius 3 is 2.65 bits per heavy atom. The van der Waals surface area contributed by atoms with E-state index in [2.05, 4.69) is 15.4 Å². The molecule has 112 valence electrons. The number of carbonyl (C=O) groups excluding carboxylic acids is 1. The van der Waals surface area contributed by atoms with Crippen LogP contribution in [0.4, 0.5) is 9.80 Å². The van der Waals surface area contributed by atoms with Crippen LogP contribution in [0.15, 0.2) is 11.4 Å². The summed E-state index contributed by atoms with van der Waals surface area (Å²) in [6.45, 7) is 0.487. The van der Waals surface area contributed by atoms with Crippen molar-refractivity contribution < 1.29 is 23.1 Å². The molecular weight excluding hydrogens is 306 g/mol. The zero-order chi connectivity index (χ0) is 15.2. The van der Waals surface area contributed by atoms with Gasteiger partial charge in [-0.05, 0) is 17.9 Å². The van der Waals surface area contributed by atoms with E-state index < -0.39 is 22.0 Å². The fourth-order valence-electron chi connectivity index (χ4n) is 1.27. The summed E-state index contributed by atoms with van der Waals surface area (Å²) in [4.78, 5) is 22.3. The molecule has 0 fully saturated rings. The van der Waals surface area contributed by atoms with E-state index in [1.54, 1.807) is 5.38 Å². The Morgan fingerprint density at radius 1 is 1.35 bits per heavy atom. The second kappa shape index (κ2) is 7.22. The van der Waals surface area contributed by atoms with Gasteiger partial charge in [0.25, 0.3) is 0 Å². The van der Waals surface area contributed by atoms with Crippen molar-refractivity contribution in [2.24, 2.45) is 0 Å². The van der Waals surface area contributed by atoms with Gasteiger partial charge in [0.2, 0.25) is 10.0 Å². The van der Waals surface area contributed by atoms with Crippen molar-refractivity contribution in [2.45, 2.75) is 6.42 Å². The first-order valence-corrected chi connectivity index (χ1v) is 8.37. The van der Waals surface area contributed by atoms with E-state index in [0.29, 0.717) is 6.42 Å². The monoisotopic (exact) mass is 321 g/mol. The summed E-state index contributed by atoms with van der Waals surface area (Å²) in [5, 5.41) is 15.6.